The zero-order chi connectivity index (χ0) is 33.5. The minimum atomic E-state index is -0.784. The van der Waals surface area contributed by atoms with Crippen molar-refractivity contribution in [2.45, 2.75) is 14.7 Å². The van der Waals surface area contributed by atoms with Gasteiger partial charge in [0.05, 0.1) is 16.6 Å². The molecule has 0 aliphatic carbocycles. The number of nitrogens with zero attached hydrogens (tertiary/aromatic N) is 3. The Balaban J connectivity index is 1.09. The van der Waals surface area contributed by atoms with E-state index < -0.39 is 10.9 Å². The Kier molecular flexibility index (Phi) is 6.18. The second kappa shape index (κ2) is 11.1. The van der Waals surface area contributed by atoms with Gasteiger partial charge in [-0.1, -0.05) is 97.1 Å². The van der Waals surface area contributed by atoms with Crippen molar-refractivity contribution in [3.63, 3.8) is 0 Å². The Morgan fingerprint density at radius 2 is 0.980 bits per heavy atom. The molecule has 0 bridgehead atoms. The Bertz CT molecular complexity index is 2920. The van der Waals surface area contributed by atoms with Crippen LogP contribution in [0.1, 0.15) is 0 Å². The number of benzene rings is 7. The zero-order valence-corrected chi connectivity index (χ0v) is 28.5. The van der Waals surface area contributed by atoms with Crippen molar-refractivity contribution in [1.82, 2.24) is 14.1 Å². The fourth-order valence-electron chi connectivity index (χ4n) is 8.25. The molecule has 0 saturated carbocycles. The maximum absolute atomic E-state index is 4.88. The standard InChI is InChI=1S/C47H31N3S/c1-3-12-33(13-4-1)49-42-19-9-8-17-37(42)41-28-31(22-26-44(41)49)32-21-24-38-39-25-23-34(30-46(39)51(45(38)29-32)35-14-5-2-6-15-35)50-43-20-10-7-16-36(43)40-18-11-27-48-47(40)50/h1-30,51H. The first kappa shape index (κ1) is 28.5. The monoisotopic (exact) mass is 669 g/mol. The molecule has 4 heterocycles. The highest BCUT2D eigenvalue weighted by atomic mass is 32.2. The van der Waals surface area contributed by atoms with Crippen LogP contribution in [0, 0.1) is 0 Å². The van der Waals surface area contributed by atoms with E-state index in [4.69, 9.17) is 4.98 Å². The van der Waals surface area contributed by atoms with Crippen LogP contribution in [-0.2, 0) is 0 Å². The molecular formula is C47H31N3S. The summed E-state index contributed by atoms with van der Waals surface area (Å²) >= 11 is 0. The third kappa shape index (κ3) is 4.24. The van der Waals surface area contributed by atoms with Gasteiger partial charge < -0.3 is 4.57 Å². The molecule has 51 heavy (non-hydrogen) atoms. The average molecular weight is 670 g/mol. The second-order valence-corrected chi connectivity index (χ2v) is 15.4. The van der Waals surface area contributed by atoms with Crippen LogP contribution in [0.15, 0.2) is 197 Å². The van der Waals surface area contributed by atoms with E-state index in [1.807, 2.05) is 12.3 Å². The molecule has 0 fully saturated rings. The van der Waals surface area contributed by atoms with Crippen molar-refractivity contribution in [2.24, 2.45) is 0 Å². The summed E-state index contributed by atoms with van der Waals surface area (Å²) in [5.41, 5.74) is 12.1. The van der Waals surface area contributed by atoms with Gasteiger partial charge in [-0.3, -0.25) is 4.57 Å². The number of hydrogen-bond acceptors (Lipinski definition) is 1. The highest BCUT2D eigenvalue weighted by molar-refractivity contribution is 8.17. The van der Waals surface area contributed by atoms with Crippen LogP contribution in [0.4, 0.5) is 0 Å². The van der Waals surface area contributed by atoms with Crippen LogP contribution < -0.4 is 0 Å². The summed E-state index contributed by atoms with van der Waals surface area (Å²) in [6.45, 7) is 0. The summed E-state index contributed by atoms with van der Waals surface area (Å²) in [4.78, 5) is 9.04. The fourth-order valence-corrected chi connectivity index (χ4v) is 10.9. The van der Waals surface area contributed by atoms with Crippen LogP contribution in [-0.4, -0.2) is 14.1 Å². The van der Waals surface area contributed by atoms with Crippen molar-refractivity contribution >= 4 is 54.6 Å². The Hall–Kier alpha value is -6.36. The Labute approximate surface area is 298 Å². The van der Waals surface area contributed by atoms with E-state index in [1.54, 1.807) is 0 Å². The SMILES string of the molecule is c1ccc(-n2c3ccccc3c3cc(-c4ccc5c(c4)[SH](c4ccccc4)c4cc(-n6c7ccccc7c7cccnc76)ccc4-5)ccc32)cc1. The lowest BCUT2D eigenvalue weighted by Crippen LogP contribution is -1.96. The van der Waals surface area contributed by atoms with Crippen molar-refractivity contribution in [3.8, 4) is 33.6 Å². The van der Waals surface area contributed by atoms with E-state index in [0.29, 0.717) is 0 Å². The Morgan fingerprint density at radius 3 is 1.78 bits per heavy atom. The van der Waals surface area contributed by atoms with Crippen molar-refractivity contribution in [2.75, 3.05) is 0 Å². The number of hydrogen-bond donors (Lipinski definition) is 1. The van der Waals surface area contributed by atoms with E-state index in [-0.39, 0.29) is 0 Å². The lowest BCUT2D eigenvalue weighted by atomic mass is 9.99. The van der Waals surface area contributed by atoms with Gasteiger partial charge in [-0.05, 0) is 106 Å². The van der Waals surface area contributed by atoms with Crippen LogP contribution in [0.2, 0.25) is 0 Å². The quantitative estimate of drug-likeness (QED) is 0.185. The van der Waals surface area contributed by atoms with Crippen LogP contribution in [0.3, 0.4) is 0 Å². The predicted molar refractivity (Wildman–Crippen MR) is 214 cm³/mol. The third-order valence-corrected chi connectivity index (χ3v) is 13.0. The smallest absolute Gasteiger partial charge is 0.145 e. The van der Waals surface area contributed by atoms with E-state index in [9.17, 15) is 0 Å². The molecular weight excluding hydrogens is 639 g/mol. The normalized spacial score (nSPS) is 14.4. The highest BCUT2D eigenvalue weighted by Crippen LogP contribution is 2.63. The van der Waals surface area contributed by atoms with Gasteiger partial charge in [0.1, 0.15) is 5.65 Å². The summed E-state index contributed by atoms with van der Waals surface area (Å²) in [6.07, 6.45) is 1.90. The zero-order valence-electron chi connectivity index (χ0n) is 27.6. The van der Waals surface area contributed by atoms with Gasteiger partial charge in [0, 0.05) is 48.9 Å². The topological polar surface area (TPSA) is 22.8 Å². The number of thiol groups is 1. The maximum Gasteiger partial charge on any atom is 0.145 e. The summed E-state index contributed by atoms with van der Waals surface area (Å²) in [5.74, 6) is 0. The van der Waals surface area contributed by atoms with Gasteiger partial charge in [0.2, 0.25) is 0 Å². The van der Waals surface area contributed by atoms with E-state index in [1.165, 1.54) is 80.7 Å². The van der Waals surface area contributed by atoms with Crippen LogP contribution >= 0.6 is 10.9 Å². The van der Waals surface area contributed by atoms with Gasteiger partial charge in [0.25, 0.3) is 0 Å². The summed E-state index contributed by atoms with van der Waals surface area (Å²) < 4.78 is 4.71. The number of aromatic nitrogens is 3. The predicted octanol–water partition coefficient (Wildman–Crippen LogP) is 12.4. The lowest BCUT2D eigenvalue weighted by Gasteiger charge is -2.20. The molecule has 0 radical (unpaired) electrons. The molecule has 1 aliphatic rings. The van der Waals surface area contributed by atoms with Gasteiger partial charge in [-0.15, -0.1) is 0 Å². The average Bonchev–Trinajstić information content (AvgIpc) is 3.83. The van der Waals surface area contributed by atoms with E-state index in [0.717, 1.165) is 11.3 Å². The minimum Gasteiger partial charge on any atom is -0.309 e. The van der Waals surface area contributed by atoms with Gasteiger partial charge in [0.15, 0.2) is 0 Å². The number of rotatable bonds is 4. The molecule has 7 aromatic carbocycles. The summed E-state index contributed by atoms with van der Waals surface area (Å²) in [7, 11) is -0.784. The minimum absolute atomic E-state index is 0.784. The van der Waals surface area contributed by atoms with Crippen LogP contribution in [0.5, 0.6) is 0 Å². The number of fused-ring (bicyclic) bond motifs is 9. The van der Waals surface area contributed by atoms with Crippen LogP contribution in [0.25, 0.3) is 77.4 Å². The first-order valence-corrected chi connectivity index (χ1v) is 18.7. The van der Waals surface area contributed by atoms with E-state index in [2.05, 4.69) is 179 Å². The molecule has 3 aromatic heterocycles. The molecule has 0 spiro atoms. The molecule has 3 nitrogen and oxygen atoms in total. The lowest BCUT2D eigenvalue weighted by molar-refractivity contribution is 1.12. The van der Waals surface area contributed by atoms with Gasteiger partial charge in [-0.2, -0.15) is 10.9 Å². The fraction of sp³-hybridized carbons (Fsp3) is 0. The molecule has 0 saturated heterocycles. The maximum atomic E-state index is 4.88. The molecule has 1 aliphatic heterocycles. The molecule has 1 unspecified atom stereocenters. The van der Waals surface area contributed by atoms with Gasteiger partial charge >= 0.3 is 0 Å². The van der Waals surface area contributed by atoms with E-state index >= 15 is 0 Å². The molecule has 0 amide bonds. The molecule has 0 N–H and O–H groups in total. The first-order valence-electron chi connectivity index (χ1n) is 17.4. The Morgan fingerprint density at radius 1 is 0.392 bits per heavy atom. The molecule has 240 valence electrons. The number of para-hydroxylation sites is 3. The largest absolute Gasteiger partial charge is 0.309 e. The molecule has 11 rings (SSSR count). The third-order valence-electron chi connectivity index (χ3n) is 10.5. The molecule has 10 aromatic rings. The summed E-state index contributed by atoms with van der Waals surface area (Å²) in [5, 5.41) is 4.94. The molecule has 4 heteroatoms. The van der Waals surface area contributed by atoms with Gasteiger partial charge in [-0.25, -0.2) is 4.98 Å². The second-order valence-electron chi connectivity index (χ2n) is 13.3. The van der Waals surface area contributed by atoms with Crippen molar-refractivity contribution in [1.29, 1.82) is 0 Å². The first-order chi connectivity index (χ1) is 25.3. The van der Waals surface area contributed by atoms with Crippen molar-refractivity contribution in [3.05, 3.63) is 182 Å². The number of pyridine rings is 1. The summed E-state index contributed by atoms with van der Waals surface area (Å²) in [6, 6.07) is 64.5. The molecule has 1 atom stereocenters. The van der Waals surface area contributed by atoms with Crippen molar-refractivity contribution < 1.29 is 0 Å². The highest BCUT2D eigenvalue weighted by Gasteiger charge is 2.29.